The summed E-state index contributed by atoms with van der Waals surface area (Å²) in [6.07, 6.45) is 0. The van der Waals surface area contributed by atoms with E-state index in [1.54, 1.807) is 32.4 Å². The van der Waals surface area contributed by atoms with E-state index in [-0.39, 0.29) is 23.1 Å². The van der Waals surface area contributed by atoms with Crippen LogP contribution in [0.15, 0.2) is 23.1 Å². The van der Waals surface area contributed by atoms with Crippen molar-refractivity contribution in [2.45, 2.75) is 11.4 Å². The minimum Gasteiger partial charge on any atom is -0.382 e. The molecule has 8 heteroatoms. The molecular weight excluding hydrogens is 316 g/mol. The van der Waals surface area contributed by atoms with Crippen LogP contribution in [-0.4, -0.2) is 48.9 Å². The summed E-state index contributed by atoms with van der Waals surface area (Å²) in [6, 6.07) is 4.93. The van der Waals surface area contributed by atoms with Crippen LogP contribution in [0.25, 0.3) is 0 Å². The van der Waals surface area contributed by atoms with Crippen molar-refractivity contribution < 1.29 is 17.9 Å². The lowest BCUT2D eigenvalue weighted by Crippen LogP contribution is -2.28. The number of rotatable bonds is 10. The molecular formula is C13H21ClN2O4S. The first kappa shape index (κ1) is 18.3. The molecule has 0 atom stereocenters. The average molecular weight is 337 g/mol. The molecule has 120 valence electrons. The molecule has 0 aromatic heterocycles. The van der Waals surface area contributed by atoms with Gasteiger partial charge in [0.1, 0.15) is 4.90 Å². The van der Waals surface area contributed by atoms with Crippen LogP contribution < -0.4 is 10.0 Å². The van der Waals surface area contributed by atoms with Crippen molar-refractivity contribution in [3.05, 3.63) is 28.8 Å². The molecule has 0 aliphatic rings. The summed E-state index contributed by atoms with van der Waals surface area (Å²) in [6.45, 7) is 1.93. The van der Waals surface area contributed by atoms with Crippen molar-refractivity contribution in [3.8, 4) is 0 Å². The van der Waals surface area contributed by atoms with E-state index in [1.807, 2.05) is 0 Å². The Hall–Kier alpha value is -0.700. The second kappa shape index (κ2) is 9.34. The number of methoxy groups -OCH3 is 1. The number of benzene rings is 1. The number of halogens is 1. The van der Waals surface area contributed by atoms with Gasteiger partial charge in [-0.1, -0.05) is 17.7 Å². The fourth-order valence-corrected chi connectivity index (χ4v) is 3.20. The highest BCUT2D eigenvalue weighted by atomic mass is 35.5. The monoisotopic (exact) mass is 336 g/mol. The van der Waals surface area contributed by atoms with Crippen molar-refractivity contribution in [3.63, 3.8) is 0 Å². The first-order valence-electron chi connectivity index (χ1n) is 6.50. The zero-order chi connectivity index (χ0) is 15.7. The zero-order valence-corrected chi connectivity index (χ0v) is 13.8. The van der Waals surface area contributed by atoms with Gasteiger partial charge >= 0.3 is 0 Å². The maximum Gasteiger partial charge on any atom is 0.242 e. The van der Waals surface area contributed by atoms with E-state index in [4.69, 9.17) is 21.1 Å². The number of ether oxygens (including phenoxy) is 2. The van der Waals surface area contributed by atoms with Gasteiger partial charge in [-0.25, -0.2) is 13.1 Å². The third-order valence-electron chi connectivity index (χ3n) is 2.64. The molecule has 0 saturated carbocycles. The molecule has 0 heterocycles. The van der Waals surface area contributed by atoms with Crippen LogP contribution in [0.2, 0.25) is 5.02 Å². The van der Waals surface area contributed by atoms with Gasteiger partial charge in [-0.05, 0) is 24.7 Å². The third-order valence-corrected chi connectivity index (χ3v) is 4.58. The molecule has 1 aromatic carbocycles. The lowest BCUT2D eigenvalue weighted by Gasteiger charge is -2.10. The highest BCUT2D eigenvalue weighted by molar-refractivity contribution is 7.89. The molecule has 0 aliphatic carbocycles. The smallest absolute Gasteiger partial charge is 0.242 e. The summed E-state index contributed by atoms with van der Waals surface area (Å²) in [5.41, 5.74) is 0.846. The molecule has 1 aromatic rings. The summed E-state index contributed by atoms with van der Waals surface area (Å²) in [4.78, 5) is 0.0776. The predicted octanol–water partition coefficient (Wildman–Crippen LogP) is 1.00. The van der Waals surface area contributed by atoms with Crippen molar-refractivity contribution in [2.24, 2.45) is 0 Å². The fraction of sp³-hybridized carbons (Fsp3) is 0.538. The molecule has 0 amide bonds. The fourth-order valence-electron chi connectivity index (χ4n) is 1.64. The molecule has 21 heavy (non-hydrogen) atoms. The molecule has 1 rings (SSSR count). The van der Waals surface area contributed by atoms with E-state index in [1.165, 1.54) is 0 Å². The van der Waals surface area contributed by atoms with E-state index in [2.05, 4.69) is 10.0 Å². The quantitative estimate of drug-likeness (QED) is 0.623. The maximum absolute atomic E-state index is 12.2. The number of hydrogen-bond acceptors (Lipinski definition) is 5. The minimum absolute atomic E-state index is 0.0776. The minimum atomic E-state index is -3.65. The second-order valence-electron chi connectivity index (χ2n) is 4.30. The molecule has 0 fully saturated rings. The molecule has 0 radical (unpaired) electrons. The standard InChI is InChI=1S/C13H21ClN2O4S/c1-15-10-11-3-4-12(14)13(9-11)21(17,18)16-5-6-20-8-7-19-2/h3-4,9,15-16H,5-8,10H2,1-2H3. The summed E-state index contributed by atoms with van der Waals surface area (Å²) < 4.78 is 36.9. The Labute approximate surface area is 130 Å². The van der Waals surface area contributed by atoms with Crippen molar-refractivity contribution in [1.82, 2.24) is 10.0 Å². The Morgan fingerprint density at radius 3 is 2.67 bits per heavy atom. The number of sulfonamides is 1. The van der Waals surface area contributed by atoms with Crippen LogP contribution in [0.1, 0.15) is 5.56 Å². The number of hydrogen-bond donors (Lipinski definition) is 2. The summed E-state index contributed by atoms with van der Waals surface area (Å²) in [5.74, 6) is 0. The Morgan fingerprint density at radius 2 is 2.00 bits per heavy atom. The van der Waals surface area contributed by atoms with Crippen LogP contribution in [0.4, 0.5) is 0 Å². The predicted molar refractivity (Wildman–Crippen MR) is 82.1 cm³/mol. The highest BCUT2D eigenvalue weighted by Crippen LogP contribution is 2.22. The summed E-state index contributed by atoms with van der Waals surface area (Å²) in [7, 11) is -0.280. The highest BCUT2D eigenvalue weighted by Gasteiger charge is 2.17. The zero-order valence-electron chi connectivity index (χ0n) is 12.2. The largest absolute Gasteiger partial charge is 0.382 e. The molecule has 0 aliphatic heterocycles. The van der Waals surface area contributed by atoms with Gasteiger partial charge in [-0.2, -0.15) is 0 Å². The van der Waals surface area contributed by atoms with E-state index < -0.39 is 10.0 Å². The van der Waals surface area contributed by atoms with Gasteiger partial charge in [0.15, 0.2) is 0 Å². The van der Waals surface area contributed by atoms with Crippen molar-refractivity contribution in [2.75, 3.05) is 40.5 Å². The van der Waals surface area contributed by atoms with E-state index in [0.717, 1.165) is 5.56 Å². The molecule has 0 spiro atoms. The molecule has 2 N–H and O–H groups in total. The maximum atomic E-state index is 12.2. The van der Waals surface area contributed by atoms with Crippen LogP contribution in [0, 0.1) is 0 Å². The van der Waals surface area contributed by atoms with Gasteiger partial charge in [-0.3, -0.25) is 0 Å². The lowest BCUT2D eigenvalue weighted by molar-refractivity contribution is 0.0736. The SMILES string of the molecule is CNCc1ccc(Cl)c(S(=O)(=O)NCCOCCOC)c1. The van der Waals surface area contributed by atoms with Gasteiger partial charge in [0, 0.05) is 20.2 Å². The van der Waals surface area contributed by atoms with Gasteiger partial charge in [0.05, 0.1) is 24.8 Å². The third kappa shape index (κ3) is 6.29. The Balaban J connectivity index is 2.63. The van der Waals surface area contributed by atoms with Gasteiger partial charge in [0.25, 0.3) is 0 Å². The Bertz CT molecular complexity index is 537. The number of nitrogens with one attached hydrogen (secondary N) is 2. The molecule has 0 saturated heterocycles. The summed E-state index contributed by atoms with van der Waals surface area (Å²) >= 11 is 5.97. The van der Waals surface area contributed by atoms with Gasteiger partial charge in [-0.15, -0.1) is 0 Å². The van der Waals surface area contributed by atoms with Gasteiger partial charge in [0.2, 0.25) is 10.0 Å². The van der Waals surface area contributed by atoms with Gasteiger partial charge < -0.3 is 14.8 Å². The molecule has 0 unspecified atom stereocenters. The van der Waals surface area contributed by atoms with Crippen molar-refractivity contribution >= 4 is 21.6 Å². The van der Waals surface area contributed by atoms with Crippen LogP contribution in [0.3, 0.4) is 0 Å². The summed E-state index contributed by atoms with van der Waals surface area (Å²) in [5, 5.41) is 3.16. The molecule has 6 nitrogen and oxygen atoms in total. The first-order valence-corrected chi connectivity index (χ1v) is 8.36. The van der Waals surface area contributed by atoms with Crippen LogP contribution in [-0.2, 0) is 26.0 Å². The van der Waals surface area contributed by atoms with Crippen molar-refractivity contribution in [1.29, 1.82) is 0 Å². The lowest BCUT2D eigenvalue weighted by atomic mass is 10.2. The topological polar surface area (TPSA) is 76.7 Å². The van der Waals surface area contributed by atoms with Crippen LogP contribution in [0.5, 0.6) is 0 Å². The second-order valence-corrected chi connectivity index (χ2v) is 6.44. The van der Waals surface area contributed by atoms with E-state index >= 15 is 0 Å². The normalized spacial score (nSPS) is 11.8. The van der Waals surface area contributed by atoms with E-state index in [0.29, 0.717) is 19.8 Å². The first-order chi connectivity index (χ1) is 10.0. The average Bonchev–Trinajstić information content (AvgIpc) is 2.45. The van der Waals surface area contributed by atoms with E-state index in [9.17, 15) is 8.42 Å². The van der Waals surface area contributed by atoms with Crippen LogP contribution >= 0.6 is 11.6 Å². The Morgan fingerprint density at radius 1 is 1.24 bits per heavy atom. The molecule has 0 bridgehead atoms. The Kier molecular flexibility index (Phi) is 8.16.